The van der Waals surface area contributed by atoms with E-state index >= 15 is 0 Å². The molecule has 2 aromatic rings. The molecule has 0 saturated heterocycles. The highest BCUT2D eigenvalue weighted by molar-refractivity contribution is 5.69. The van der Waals surface area contributed by atoms with Crippen molar-refractivity contribution in [3.05, 3.63) is 59.7 Å². The molecule has 0 amide bonds. The summed E-state index contributed by atoms with van der Waals surface area (Å²) >= 11 is 0. The molecule has 0 radical (unpaired) electrons. The maximum Gasteiger partial charge on any atom is 0.124 e. The molecule has 1 aliphatic carbocycles. The van der Waals surface area contributed by atoms with Gasteiger partial charge in [-0.15, -0.1) is 0 Å². The fourth-order valence-corrected chi connectivity index (χ4v) is 3.08. The molecule has 0 N–H and O–H groups in total. The first-order chi connectivity index (χ1) is 10.2. The normalized spacial score (nSPS) is 18.9. The average molecular weight is 282 g/mol. The maximum atomic E-state index is 11.4. The Morgan fingerprint density at radius 1 is 1.00 bits per heavy atom. The lowest BCUT2D eigenvalue weighted by molar-refractivity contribution is -0.109. The summed E-state index contributed by atoms with van der Waals surface area (Å²) in [5, 5.41) is 0. The van der Waals surface area contributed by atoms with Crippen LogP contribution in [0.5, 0.6) is 11.5 Å². The van der Waals surface area contributed by atoms with E-state index in [1.165, 1.54) is 0 Å². The number of carbonyl (C=O) groups excluding carboxylic acids is 1. The van der Waals surface area contributed by atoms with Crippen LogP contribution in [0, 0.1) is 5.92 Å². The summed E-state index contributed by atoms with van der Waals surface area (Å²) in [5.41, 5.74) is 1.99. The monoisotopic (exact) mass is 282 g/mol. The molecule has 0 aliphatic heterocycles. The van der Waals surface area contributed by atoms with Gasteiger partial charge in [0.05, 0.1) is 14.2 Å². The van der Waals surface area contributed by atoms with Crippen molar-refractivity contribution in [3.8, 4) is 11.5 Å². The summed E-state index contributed by atoms with van der Waals surface area (Å²) in [5.74, 6) is 1.63. The summed E-state index contributed by atoms with van der Waals surface area (Å²) in [6.45, 7) is 0. The lowest BCUT2D eigenvalue weighted by Crippen LogP contribution is -2.13. The van der Waals surface area contributed by atoms with Crippen LogP contribution < -0.4 is 9.47 Å². The summed E-state index contributed by atoms with van der Waals surface area (Å²) in [4.78, 5) is 11.4. The van der Waals surface area contributed by atoms with E-state index in [0.717, 1.165) is 35.3 Å². The van der Waals surface area contributed by atoms with Crippen LogP contribution >= 0.6 is 0 Å². The van der Waals surface area contributed by atoms with Gasteiger partial charge in [-0.3, -0.25) is 0 Å². The molecule has 0 spiro atoms. The van der Waals surface area contributed by atoms with Crippen molar-refractivity contribution < 1.29 is 14.3 Å². The van der Waals surface area contributed by atoms with Crippen molar-refractivity contribution in [3.63, 3.8) is 0 Å². The number of ether oxygens (including phenoxy) is 2. The van der Waals surface area contributed by atoms with Gasteiger partial charge in [-0.05, 0) is 41.8 Å². The Bertz CT molecular complexity index is 616. The predicted octanol–water partition coefficient (Wildman–Crippen LogP) is 3.21. The van der Waals surface area contributed by atoms with Crippen LogP contribution in [0.2, 0.25) is 0 Å². The molecule has 3 rings (SSSR count). The van der Waals surface area contributed by atoms with Gasteiger partial charge in [0.15, 0.2) is 0 Å². The molecule has 21 heavy (non-hydrogen) atoms. The minimum absolute atomic E-state index is 0.0108. The van der Waals surface area contributed by atoms with Gasteiger partial charge in [0.2, 0.25) is 0 Å². The Balaban J connectivity index is 2.10. The molecule has 1 unspecified atom stereocenters. The molecule has 3 nitrogen and oxygen atoms in total. The third-order valence-electron chi connectivity index (χ3n) is 4.35. The van der Waals surface area contributed by atoms with E-state index in [1.807, 2.05) is 36.4 Å². The Hall–Kier alpha value is -2.29. The van der Waals surface area contributed by atoms with Crippen LogP contribution in [0.25, 0.3) is 0 Å². The SMILES string of the molecule is COc1cccc(C2(c3cccc(OC)c3)CC2C=O)c1. The Labute approximate surface area is 124 Å². The van der Waals surface area contributed by atoms with Gasteiger partial charge in [-0.25, -0.2) is 0 Å². The van der Waals surface area contributed by atoms with Crippen molar-refractivity contribution in [2.45, 2.75) is 11.8 Å². The quantitative estimate of drug-likeness (QED) is 0.790. The number of carbonyl (C=O) groups is 1. The molecule has 1 atom stereocenters. The van der Waals surface area contributed by atoms with E-state index in [-0.39, 0.29) is 11.3 Å². The van der Waals surface area contributed by atoms with Crippen molar-refractivity contribution in [1.29, 1.82) is 0 Å². The minimum Gasteiger partial charge on any atom is -0.497 e. The summed E-state index contributed by atoms with van der Waals surface area (Å²) in [6, 6.07) is 15.9. The van der Waals surface area contributed by atoms with Gasteiger partial charge < -0.3 is 14.3 Å². The molecule has 0 aromatic heterocycles. The second-order valence-corrected chi connectivity index (χ2v) is 5.38. The highest BCUT2D eigenvalue weighted by atomic mass is 16.5. The first kappa shape index (κ1) is 13.7. The number of methoxy groups -OCH3 is 2. The van der Waals surface area contributed by atoms with Crippen molar-refractivity contribution in [2.24, 2.45) is 5.92 Å². The number of hydrogen-bond donors (Lipinski definition) is 0. The van der Waals surface area contributed by atoms with Crippen LogP contribution in [0.1, 0.15) is 17.5 Å². The molecule has 1 fully saturated rings. The van der Waals surface area contributed by atoms with Crippen molar-refractivity contribution in [2.75, 3.05) is 14.2 Å². The summed E-state index contributed by atoms with van der Waals surface area (Å²) in [7, 11) is 3.31. The van der Waals surface area contributed by atoms with Crippen LogP contribution in [-0.4, -0.2) is 20.5 Å². The number of benzene rings is 2. The van der Waals surface area contributed by atoms with E-state index in [0.29, 0.717) is 0 Å². The number of aldehydes is 1. The van der Waals surface area contributed by atoms with Gasteiger partial charge >= 0.3 is 0 Å². The Morgan fingerprint density at radius 3 is 1.90 bits per heavy atom. The number of hydrogen-bond acceptors (Lipinski definition) is 3. The lowest BCUT2D eigenvalue weighted by Gasteiger charge is -2.19. The fraction of sp³-hybridized carbons (Fsp3) is 0.278. The zero-order valence-electron chi connectivity index (χ0n) is 12.2. The molecule has 1 aliphatic rings. The van der Waals surface area contributed by atoms with Crippen LogP contribution in [0.4, 0.5) is 0 Å². The number of rotatable bonds is 5. The van der Waals surface area contributed by atoms with Crippen LogP contribution in [0.15, 0.2) is 48.5 Å². The Morgan fingerprint density at radius 2 is 1.52 bits per heavy atom. The second kappa shape index (κ2) is 5.24. The highest BCUT2D eigenvalue weighted by Crippen LogP contribution is 2.58. The summed E-state index contributed by atoms with van der Waals surface area (Å²) in [6.07, 6.45) is 1.88. The largest absolute Gasteiger partial charge is 0.497 e. The molecular weight excluding hydrogens is 264 g/mol. The van der Waals surface area contributed by atoms with Crippen molar-refractivity contribution in [1.82, 2.24) is 0 Å². The van der Waals surface area contributed by atoms with Gasteiger partial charge in [-0.2, -0.15) is 0 Å². The third-order valence-corrected chi connectivity index (χ3v) is 4.35. The maximum absolute atomic E-state index is 11.4. The zero-order valence-corrected chi connectivity index (χ0v) is 12.2. The van der Waals surface area contributed by atoms with E-state index in [2.05, 4.69) is 12.1 Å². The smallest absolute Gasteiger partial charge is 0.124 e. The molecular formula is C18H18O3. The van der Waals surface area contributed by atoms with Gasteiger partial charge in [-0.1, -0.05) is 24.3 Å². The molecule has 0 heterocycles. The van der Waals surface area contributed by atoms with Crippen LogP contribution in [-0.2, 0) is 10.2 Å². The minimum atomic E-state index is -0.245. The van der Waals surface area contributed by atoms with Crippen LogP contribution in [0.3, 0.4) is 0 Å². The predicted molar refractivity (Wildman–Crippen MR) is 80.9 cm³/mol. The molecule has 0 bridgehead atoms. The van der Waals surface area contributed by atoms with Gasteiger partial charge in [0, 0.05) is 11.3 Å². The lowest BCUT2D eigenvalue weighted by atomic mass is 9.85. The topological polar surface area (TPSA) is 35.5 Å². The molecule has 1 saturated carbocycles. The van der Waals surface area contributed by atoms with Crippen molar-refractivity contribution >= 4 is 6.29 Å². The standard InChI is InChI=1S/C18H18O3/c1-20-16-7-3-5-13(9-16)18(11-15(18)12-19)14-6-4-8-17(10-14)21-2/h3-10,12,15H,11H2,1-2H3. The molecule has 3 heteroatoms. The first-order valence-corrected chi connectivity index (χ1v) is 6.99. The molecule has 108 valence electrons. The second-order valence-electron chi connectivity index (χ2n) is 5.38. The first-order valence-electron chi connectivity index (χ1n) is 6.99. The van der Waals surface area contributed by atoms with Gasteiger partial charge in [0.25, 0.3) is 0 Å². The van der Waals surface area contributed by atoms with E-state index in [9.17, 15) is 4.79 Å². The molecule has 2 aromatic carbocycles. The van der Waals surface area contributed by atoms with E-state index < -0.39 is 0 Å². The van der Waals surface area contributed by atoms with E-state index in [4.69, 9.17) is 9.47 Å². The zero-order chi connectivity index (χ0) is 14.9. The Kier molecular flexibility index (Phi) is 3.42. The van der Waals surface area contributed by atoms with Gasteiger partial charge in [0.1, 0.15) is 17.8 Å². The third kappa shape index (κ3) is 2.19. The highest BCUT2D eigenvalue weighted by Gasteiger charge is 2.56. The fourth-order valence-electron chi connectivity index (χ4n) is 3.08. The summed E-state index contributed by atoms with van der Waals surface area (Å²) < 4.78 is 10.6. The average Bonchev–Trinajstić information content (AvgIpc) is 3.31. The van der Waals surface area contributed by atoms with E-state index in [1.54, 1.807) is 14.2 Å².